The minimum absolute atomic E-state index is 0. The fourth-order valence-electron chi connectivity index (χ4n) is 2.26. The van der Waals surface area contributed by atoms with Crippen molar-refractivity contribution in [1.29, 1.82) is 0 Å². The van der Waals surface area contributed by atoms with E-state index in [1.54, 1.807) is 0 Å². The highest BCUT2D eigenvalue weighted by molar-refractivity contribution is 14.0. The molecule has 24 heavy (non-hydrogen) atoms. The van der Waals surface area contributed by atoms with Crippen LogP contribution in [-0.2, 0) is 4.74 Å². The summed E-state index contributed by atoms with van der Waals surface area (Å²) in [5.41, 5.74) is 0. The lowest BCUT2D eigenvalue weighted by Crippen LogP contribution is -2.38. The SMILES string of the molecule is CCNC(=NCC1(Sc2ccccc2)CC1)NCCCOCC.I. The molecule has 0 heterocycles. The molecule has 0 unspecified atom stereocenters. The summed E-state index contributed by atoms with van der Waals surface area (Å²) in [5.74, 6) is 0.920. The van der Waals surface area contributed by atoms with Gasteiger partial charge in [-0.15, -0.1) is 35.7 Å². The van der Waals surface area contributed by atoms with Crippen molar-refractivity contribution in [3.05, 3.63) is 30.3 Å². The molecule has 4 nitrogen and oxygen atoms in total. The smallest absolute Gasteiger partial charge is 0.191 e. The van der Waals surface area contributed by atoms with Gasteiger partial charge in [0, 0.05) is 35.9 Å². The molecule has 0 amide bonds. The van der Waals surface area contributed by atoms with Gasteiger partial charge in [-0.1, -0.05) is 18.2 Å². The summed E-state index contributed by atoms with van der Waals surface area (Å²) >= 11 is 1.97. The number of halogens is 1. The van der Waals surface area contributed by atoms with Gasteiger partial charge in [0.15, 0.2) is 5.96 Å². The first-order chi connectivity index (χ1) is 11.3. The van der Waals surface area contributed by atoms with Gasteiger partial charge >= 0.3 is 0 Å². The Hall–Kier alpha value is -0.470. The molecule has 0 saturated heterocycles. The number of hydrogen-bond donors (Lipinski definition) is 2. The maximum atomic E-state index is 5.36. The minimum atomic E-state index is 0. The van der Waals surface area contributed by atoms with Gasteiger partial charge < -0.3 is 15.4 Å². The van der Waals surface area contributed by atoms with E-state index in [1.165, 1.54) is 17.7 Å². The number of thioether (sulfide) groups is 1. The van der Waals surface area contributed by atoms with E-state index in [-0.39, 0.29) is 24.0 Å². The maximum Gasteiger partial charge on any atom is 0.191 e. The van der Waals surface area contributed by atoms with Crippen molar-refractivity contribution >= 4 is 41.7 Å². The van der Waals surface area contributed by atoms with E-state index < -0.39 is 0 Å². The maximum absolute atomic E-state index is 5.36. The number of aliphatic imine (C=N–C) groups is 1. The van der Waals surface area contributed by atoms with Crippen molar-refractivity contribution in [2.75, 3.05) is 32.8 Å². The zero-order valence-corrected chi connectivity index (χ0v) is 17.9. The molecule has 2 rings (SSSR count). The predicted octanol–water partition coefficient (Wildman–Crippen LogP) is 3.91. The molecule has 0 bridgehead atoms. The van der Waals surface area contributed by atoms with E-state index in [0.717, 1.165) is 45.2 Å². The van der Waals surface area contributed by atoms with Gasteiger partial charge in [0.05, 0.1) is 6.54 Å². The summed E-state index contributed by atoms with van der Waals surface area (Å²) in [5, 5.41) is 6.72. The normalized spacial score (nSPS) is 15.5. The van der Waals surface area contributed by atoms with Gasteiger partial charge in [-0.2, -0.15) is 0 Å². The number of nitrogens with one attached hydrogen (secondary N) is 2. The summed E-state index contributed by atoms with van der Waals surface area (Å²) in [4.78, 5) is 6.14. The molecule has 6 heteroatoms. The second-order valence-electron chi connectivity index (χ2n) is 5.77. The minimum Gasteiger partial charge on any atom is -0.382 e. The van der Waals surface area contributed by atoms with Gasteiger partial charge in [-0.25, -0.2) is 0 Å². The van der Waals surface area contributed by atoms with Crippen LogP contribution in [0.3, 0.4) is 0 Å². The molecule has 0 radical (unpaired) electrons. The first-order valence-electron chi connectivity index (χ1n) is 8.62. The Morgan fingerprint density at radius 1 is 1.21 bits per heavy atom. The monoisotopic (exact) mass is 463 g/mol. The molecule has 1 saturated carbocycles. The van der Waals surface area contributed by atoms with Crippen molar-refractivity contribution in [1.82, 2.24) is 10.6 Å². The quantitative estimate of drug-likeness (QED) is 0.239. The standard InChI is InChI=1S/C18H29N3OS.HI/c1-3-19-17(20-13-8-14-22-4-2)21-15-18(11-12-18)23-16-9-6-5-7-10-16;/h5-7,9-10H,3-4,8,11-15H2,1-2H3,(H2,19,20,21);1H. The van der Waals surface area contributed by atoms with Gasteiger partial charge in [-0.05, 0) is 45.2 Å². The van der Waals surface area contributed by atoms with Crippen molar-refractivity contribution in [3.63, 3.8) is 0 Å². The van der Waals surface area contributed by atoms with E-state index in [9.17, 15) is 0 Å². The highest BCUT2D eigenvalue weighted by atomic mass is 127. The Morgan fingerprint density at radius 2 is 1.96 bits per heavy atom. The molecule has 0 atom stereocenters. The second-order valence-corrected chi connectivity index (χ2v) is 7.31. The van der Waals surface area contributed by atoms with Crippen LogP contribution in [0.15, 0.2) is 40.2 Å². The van der Waals surface area contributed by atoms with E-state index >= 15 is 0 Å². The van der Waals surface area contributed by atoms with E-state index in [1.807, 2.05) is 18.7 Å². The molecule has 2 N–H and O–H groups in total. The molecular weight excluding hydrogens is 433 g/mol. The number of ether oxygens (including phenoxy) is 1. The van der Waals surface area contributed by atoms with Gasteiger partial charge in [-0.3, -0.25) is 4.99 Å². The van der Waals surface area contributed by atoms with E-state index in [0.29, 0.717) is 4.75 Å². The van der Waals surface area contributed by atoms with Crippen LogP contribution in [-0.4, -0.2) is 43.6 Å². The largest absolute Gasteiger partial charge is 0.382 e. The fourth-order valence-corrected chi connectivity index (χ4v) is 3.49. The number of rotatable bonds is 10. The van der Waals surface area contributed by atoms with E-state index in [2.05, 4.69) is 47.9 Å². The van der Waals surface area contributed by atoms with Crippen molar-refractivity contribution in [2.45, 2.75) is 42.8 Å². The van der Waals surface area contributed by atoms with Crippen molar-refractivity contribution in [3.8, 4) is 0 Å². The number of nitrogens with zero attached hydrogens (tertiary/aromatic N) is 1. The number of hydrogen-bond acceptors (Lipinski definition) is 3. The Kier molecular flexibility index (Phi) is 10.8. The Balaban J connectivity index is 0.00000288. The van der Waals surface area contributed by atoms with Crippen LogP contribution in [0.25, 0.3) is 0 Å². The predicted molar refractivity (Wildman–Crippen MR) is 115 cm³/mol. The number of benzene rings is 1. The molecule has 1 aliphatic carbocycles. The lowest BCUT2D eigenvalue weighted by molar-refractivity contribution is 0.145. The van der Waals surface area contributed by atoms with Crippen LogP contribution in [0.2, 0.25) is 0 Å². The van der Waals surface area contributed by atoms with Crippen LogP contribution in [0.1, 0.15) is 33.1 Å². The van der Waals surface area contributed by atoms with Crippen LogP contribution < -0.4 is 10.6 Å². The average molecular weight is 463 g/mol. The molecule has 0 aliphatic heterocycles. The molecule has 0 aromatic heterocycles. The summed E-state index contributed by atoms with van der Waals surface area (Å²) in [6.07, 6.45) is 3.50. The Bertz CT molecular complexity index is 480. The van der Waals surface area contributed by atoms with Crippen LogP contribution in [0.4, 0.5) is 0 Å². The summed E-state index contributed by atoms with van der Waals surface area (Å²) in [6.45, 7) is 8.36. The summed E-state index contributed by atoms with van der Waals surface area (Å²) < 4.78 is 5.66. The lowest BCUT2D eigenvalue weighted by Gasteiger charge is -2.15. The first-order valence-corrected chi connectivity index (χ1v) is 9.43. The highest BCUT2D eigenvalue weighted by Gasteiger charge is 2.43. The first kappa shape index (κ1) is 21.6. The Morgan fingerprint density at radius 3 is 2.58 bits per heavy atom. The van der Waals surface area contributed by atoms with Gasteiger partial charge in [0.25, 0.3) is 0 Å². The van der Waals surface area contributed by atoms with Crippen LogP contribution >= 0.6 is 35.7 Å². The zero-order valence-electron chi connectivity index (χ0n) is 14.7. The molecule has 0 spiro atoms. The van der Waals surface area contributed by atoms with Crippen LogP contribution in [0, 0.1) is 0 Å². The topological polar surface area (TPSA) is 45.7 Å². The van der Waals surface area contributed by atoms with Crippen molar-refractivity contribution < 1.29 is 4.74 Å². The Labute approximate surface area is 167 Å². The molecule has 1 fully saturated rings. The van der Waals surface area contributed by atoms with Crippen LogP contribution in [0.5, 0.6) is 0 Å². The third-order valence-electron chi connectivity index (χ3n) is 3.72. The second kappa shape index (κ2) is 12.0. The number of guanidine groups is 1. The zero-order chi connectivity index (χ0) is 16.4. The fraction of sp³-hybridized carbons (Fsp3) is 0.611. The molecule has 136 valence electrons. The van der Waals surface area contributed by atoms with Gasteiger partial charge in [0.1, 0.15) is 0 Å². The third-order valence-corrected chi connectivity index (χ3v) is 5.20. The highest BCUT2D eigenvalue weighted by Crippen LogP contribution is 2.51. The molecule has 1 aromatic carbocycles. The average Bonchev–Trinajstić information content (AvgIpc) is 3.33. The third kappa shape index (κ3) is 8.07. The van der Waals surface area contributed by atoms with E-state index in [4.69, 9.17) is 9.73 Å². The molecule has 1 aliphatic rings. The molecule has 1 aromatic rings. The summed E-state index contributed by atoms with van der Waals surface area (Å²) in [7, 11) is 0. The van der Waals surface area contributed by atoms with Gasteiger partial charge in [0.2, 0.25) is 0 Å². The van der Waals surface area contributed by atoms with Crippen molar-refractivity contribution in [2.24, 2.45) is 4.99 Å². The summed E-state index contributed by atoms with van der Waals surface area (Å²) in [6, 6.07) is 10.6. The lowest BCUT2D eigenvalue weighted by atomic mass is 10.4. The molecular formula is C18H30IN3OS.